The zero-order valence-corrected chi connectivity index (χ0v) is 12.8. The minimum atomic E-state index is -2.91. The number of sulfone groups is 1. The summed E-state index contributed by atoms with van der Waals surface area (Å²) in [5, 5.41) is 0.771. The summed E-state index contributed by atoms with van der Waals surface area (Å²) in [4.78, 5) is 1.98. The lowest BCUT2D eigenvalue weighted by molar-refractivity contribution is 0.601. The van der Waals surface area contributed by atoms with Crippen LogP contribution >= 0.6 is 15.9 Å². The van der Waals surface area contributed by atoms with Crippen LogP contribution in [0.5, 0.6) is 0 Å². The highest BCUT2D eigenvalue weighted by molar-refractivity contribution is 9.08. The van der Waals surface area contributed by atoms with Gasteiger partial charge in [-0.2, -0.15) is 0 Å². The van der Waals surface area contributed by atoms with Crippen molar-refractivity contribution in [1.29, 1.82) is 0 Å². The lowest BCUT2D eigenvalue weighted by atomic mass is 10.1. The molecule has 0 aliphatic rings. The molecule has 17 heavy (non-hydrogen) atoms. The molecule has 0 bridgehead atoms. The summed E-state index contributed by atoms with van der Waals surface area (Å²) in [7, 11) is -0.990. The van der Waals surface area contributed by atoms with Crippen LogP contribution in [0.1, 0.15) is 11.1 Å². The van der Waals surface area contributed by atoms with Crippen molar-refractivity contribution in [3.63, 3.8) is 0 Å². The molecule has 1 rings (SSSR count). The van der Waals surface area contributed by atoms with E-state index in [1.807, 2.05) is 31.0 Å². The van der Waals surface area contributed by atoms with Gasteiger partial charge in [0, 0.05) is 30.9 Å². The van der Waals surface area contributed by atoms with Crippen LogP contribution in [-0.4, -0.2) is 34.0 Å². The Morgan fingerprint density at radius 1 is 1.35 bits per heavy atom. The van der Waals surface area contributed by atoms with E-state index in [9.17, 15) is 8.42 Å². The van der Waals surface area contributed by atoms with Crippen LogP contribution in [0, 0.1) is 6.92 Å². The fraction of sp³-hybridized carbons (Fsp3) is 0.500. The Labute approximate surface area is 112 Å². The van der Waals surface area contributed by atoms with Gasteiger partial charge in [0.2, 0.25) is 0 Å². The van der Waals surface area contributed by atoms with E-state index in [4.69, 9.17) is 0 Å². The molecule has 0 heterocycles. The zero-order valence-electron chi connectivity index (χ0n) is 10.4. The molecule has 3 nitrogen and oxygen atoms in total. The van der Waals surface area contributed by atoms with E-state index >= 15 is 0 Å². The standard InChI is InChI=1S/C12H18BrNO2S/c1-10-4-5-12(11(8-10)9-13)14(2)6-7-17(3,15)16/h4-5,8H,6-7,9H2,1-3H3. The summed E-state index contributed by atoms with van der Waals surface area (Å²) < 4.78 is 22.3. The molecule has 0 aliphatic heterocycles. The summed E-state index contributed by atoms with van der Waals surface area (Å²) >= 11 is 3.46. The molecule has 0 atom stereocenters. The first-order valence-corrected chi connectivity index (χ1v) is 8.56. The molecule has 1 aromatic carbocycles. The highest BCUT2D eigenvalue weighted by Gasteiger charge is 2.09. The number of nitrogens with zero attached hydrogens (tertiary/aromatic N) is 1. The van der Waals surface area contributed by atoms with Gasteiger partial charge in [0.25, 0.3) is 0 Å². The van der Waals surface area contributed by atoms with Gasteiger partial charge in [-0.1, -0.05) is 33.6 Å². The van der Waals surface area contributed by atoms with Crippen LogP contribution in [0.3, 0.4) is 0 Å². The van der Waals surface area contributed by atoms with Gasteiger partial charge < -0.3 is 4.90 Å². The lowest BCUT2D eigenvalue weighted by Crippen LogP contribution is -2.25. The Balaban J connectivity index is 2.85. The number of hydrogen-bond donors (Lipinski definition) is 0. The van der Waals surface area contributed by atoms with Crippen LogP contribution in [0.15, 0.2) is 18.2 Å². The van der Waals surface area contributed by atoms with Gasteiger partial charge in [-0.25, -0.2) is 8.42 Å². The van der Waals surface area contributed by atoms with Crippen LogP contribution < -0.4 is 4.90 Å². The highest BCUT2D eigenvalue weighted by Crippen LogP contribution is 2.23. The third-order valence-corrected chi connectivity index (χ3v) is 4.12. The maximum Gasteiger partial charge on any atom is 0.149 e. The third-order valence-electron chi connectivity index (χ3n) is 2.59. The molecule has 0 N–H and O–H groups in total. The molecule has 0 radical (unpaired) electrons. The van der Waals surface area contributed by atoms with E-state index in [2.05, 4.69) is 22.0 Å². The Morgan fingerprint density at radius 3 is 2.53 bits per heavy atom. The van der Waals surface area contributed by atoms with Gasteiger partial charge >= 0.3 is 0 Å². The van der Waals surface area contributed by atoms with E-state index in [-0.39, 0.29) is 5.75 Å². The van der Waals surface area contributed by atoms with E-state index in [1.165, 1.54) is 17.4 Å². The molecule has 5 heteroatoms. The maximum absolute atomic E-state index is 11.1. The second-order valence-corrected chi connectivity index (χ2v) is 7.14. The fourth-order valence-electron chi connectivity index (χ4n) is 1.62. The van der Waals surface area contributed by atoms with Crippen LogP contribution in [0.4, 0.5) is 5.69 Å². The second kappa shape index (κ2) is 5.87. The van der Waals surface area contributed by atoms with Gasteiger partial charge in [0.15, 0.2) is 0 Å². The Kier molecular flexibility index (Phi) is 5.01. The van der Waals surface area contributed by atoms with E-state index < -0.39 is 9.84 Å². The molecule has 0 saturated heterocycles. The van der Waals surface area contributed by atoms with Crippen molar-refractivity contribution in [3.8, 4) is 0 Å². The Hall–Kier alpha value is -0.550. The SMILES string of the molecule is Cc1ccc(N(C)CCS(C)(=O)=O)c(CBr)c1. The summed E-state index contributed by atoms with van der Waals surface area (Å²) in [6, 6.07) is 6.19. The van der Waals surface area contributed by atoms with Crippen LogP contribution in [0.25, 0.3) is 0 Å². The quantitative estimate of drug-likeness (QED) is 0.782. The van der Waals surface area contributed by atoms with Crippen molar-refractivity contribution in [2.45, 2.75) is 12.3 Å². The molecule has 0 spiro atoms. The largest absolute Gasteiger partial charge is 0.373 e. The van der Waals surface area contributed by atoms with Crippen molar-refractivity contribution in [1.82, 2.24) is 0 Å². The van der Waals surface area contributed by atoms with E-state index in [1.54, 1.807) is 0 Å². The number of benzene rings is 1. The van der Waals surface area contributed by atoms with Gasteiger partial charge in [0.1, 0.15) is 9.84 Å². The number of anilines is 1. The monoisotopic (exact) mass is 319 g/mol. The molecule has 96 valence electrons. The molecular weight excluding hydrogens is 302 g/mol. The lowest BCUT2D eigenvalue weighted by Gasteiger charge is -2.22. The summed E-state index contributed by atoms with van der Waals surface area (Å²) in [6.45, 7) is 2.56. The topological polar surface area (TPSA) is 37.4 Å². The number of rotatable bonds is 5. The van der Waals surface area contributed by atoms with Crippen LogP contribution in [-0.2, 0) is 15.2 Å². The average Bonchev–Trinajstić information content (AvgIpc) is 2.24. The maximum atomic E-state index is 11.1. The van der Waals surface area contributed by atoms with Crippen molar-refractivity contribution < 1.29 is 8.42 Å². The van der Waals surface area contributed by atoms with E-state index in [0.29, 0.717) is 6.54 Å². The molecule has 0 amide bonds. The normalized spacial score (nSPS) is 11.5. The summed E-state index contributed by atoms with van der Waals surface area (Å²) in [6.07, 6.45) is 1.27. The summed E-state index contributed by atoms with van der Waals surface area (Å²) in [5.41, 5.74) is 3.47. The first-order valence-electron chi connectivity index (χ1n) is 5.38. The van der Waals surface area contributed by atoms with Crippen molar-refractivity contribution >= 4 is 31.5 Å². The average molecular weight is 320 g/mol. The molecule has 0 fully saturated rings. The molecular formula is C12H18BrNO2S. The van der Waals surface area contributed by atoms with Gasteiger partial charge in [-0.05, 0) is 18.6 Å². The molecule has 0 unspecified atom stereocenters. The molecule has 0 aromatic heterocycles. The smallest absolute Gasteiger partial charge is 0.149 e. The minimum Gasteiger partial charge on any atom is -0.373 e. The Bertz CT molecular complexity index is 485. The second-order valence-electron chi connectivity index (χ2n) is 4.32. The van der Waals surface area contributed by atoms with Gasteiger partial charge in [0.05, 0.1) is 5.75 Å². The number of hydrogen-bond acceptors (Lipinski definition) is 3. The van der Waals surface area contributed by atoms with Crippen LogP contribution in [0.2, 0.25) is 0 Å². The third kappa shape index (κ3) is 4.68. The van der Waals surface area contributed by atoms with Crippen molar-refractivity contribution in [2.75, 3.05) is 30.5 Å². The molecule has 0 saturated carbocycles. The number of halogens is 1. The highest BCUT2D eigenvalue weighted by atomic mass is 79.9. The van der Waals surface area contributed by atoms with Crippen molar-refractivity contribution in [3.05, 3.63) is 29.3 Å². The number of aryl methyl sites for hydroxylation is 1. The van der Waals surface area contributed by atoms with Crippen molar-refractivity contribution in [2.24, 2.45) is 0 Å². The number of alkyl halides is 1. The zero-order chi connectivity index (χ0) is 13.1. The molecule has 1 aromatic rings. The Morgan fingerprint density at radius 2 is 2.00 bits per heavy atom. The first-order chi connectivity index (χ1) is 7.83. The first kappa shape index (κ1) is 14.5. The summed E-state index contributed by atoms with van der Waals surface area (Å²) in [5.74, 6) is 0.180. The molecule has 0 aliphatic carbocycles. The predicted octanol–water partition coefficient (Wildman–Crippen LogP) is 2.37. The van der Waals surface area contributed by atoms with E-state index in [0.717, 1.165) is 11.0 Å². The predicted molar refractivity (Wildman–Crippen MR) is 76.8 cm³/mol. The minimum absolute atomic E-state index is 0.180. The van der Waals surface area contributed by atoms with Gasteiger partial charge in [-0.3, -0.25) is 0 Å². The fourth-order valence-corrected chi connectivity index (χ4v) is 2.67. The van der Waals surface area contributed by atoms with Gasteiger partial charge in [-0.15, -0.1) is 0 Å².